The van der Waals surface area contributed by atoms with Crippen molar-refractivity contribution < 1.29 is 19.1 Å². The molecule has 4 amide bonds. The summed E-state index contributed by atoms with van der Waals surface area (Å²) in [4.78, 5) is 43.3. The lowest BCUT2D eigenvalue weighted by atomic mass is 10.1. The zero-order chi connectivity index (χ0) is 27.4. The van der Waals surface area contributed by atoms with E-state index in [4.69, 9.17) is 4.74 Å². The van der Waals surface area contributed by atoms with E-state index in [-0.39, 0.29) is 29.9 Å². The fraction of sp³-hybridized carbons (Fsp3) is 0.500. The van der Waals surface area contributed by atoms with E-state index in [1.54, 1.807) is 4.90 Å². The molecule has 2 N–H and O–H groups in total. The number of likely N-dealkylation sites (tertiary alicyclic amines) is 1. The molecule has 0 aromatic heterocycles. The Labute approximate surface area is 230 Å². The molecular weight excluding hydrogens is 494 g/mol. The van der Waals surface area contributed by atoms with Gasteiger partial charge >= 0.3 is 6.03 Å². The largest absolute Gasteiger partial charge is 0.490 e. The number of amides is 4. The summed E-state index contributed by atoms with van der Waals surface area (Å²) in [5, 5.41) is 5.75. The van der Waals surface area contributed by atoms with E-state index < -0.39 is 0 Å². The molecule has 3 aliphatic rings. The quantitative estimate of drug-likeness (QED) is 0.538. The Balaban J connectivity index is 1.09. The van der Waals surface area contributed by atoms with Crippen LogP contribution in [0.15, 0.2) is 48.5 Å². The molecule has 2 aliphatic heterocycles. The van der Waals surface area contributed by atoms with Gasteiger partial charge in [0.25, 0.3) is 0 Å². The Hall–Kier alpha value is -3.75. The minimum Gasteiger partial charge on any atom is -0.490 e. The second-order valence-electron chi connectivity index (χ2n) is 10.9. The highest BCUT2D eigenvalue weighted by molar-refractivity contribution is 5.99. The van der Waals surface area contributed by atoms with E-state index >= 15 is 0 Å². The van der Waals surface area contributed by atoms with Crippen molar-refractivity contribution in [2.45, 2.75) is 70.1 Å². The third-order valence-corrected chi connectivity index (χ3v) is 8.21. The summed E-state index contributed by atoms with van der Waals surface area (Å²) in [6.45, 7) is 3.78. The number of anilines is 3. The molecule has 1 unspecified atom stereocenters. The number of carbonyl (C=O) groups is 3. The molecule has 2 aromatic carbocycles. The highest BCUT2D eigenvalue weighted by atomic mass is 16.5. The van der Waals surface area contributed by atoms with Crippen molar-refractivity contribution in [2.75, 3.05) is 42.2 Å². The fourth-order valence-electron chi connectivity index (χ4n) is 5.97. The Morgan fingerprint density at radius 2 is 1.49 bits per heavy atom. The van der Waals surface area contributed by atoms with Gasteiger partial charge in [0.15, 0.2) is 0 Å². The van der Waals surface area contributed by atoms with Gasteiger partial charge in [-0.25, -0.2) is 4.79 Å². The normalized spacial score (nSPS) is 21.2. The number of rotatable bonds is 7. The lowest BCUT2D eigenvalue weighted by Gasteiger charge is -2.31. The van der Waals surface area contributed by atoms with Gasteiger partial charge in [-0.2, -0.15) is 0 Å². The van der Waals surface area contributed by atoms with Crippen molar-refractivity contribution in [3.8, 4) is 5.75 Å². The van der Waals surface area contributed by atoms with E-state index in [1.807, 2.05) is 60.5 Å². The van der Waals surface area contributed by atoms with Crippen LogP contribution in [-0.4, -0.2) is 72.5 Å². The van der Waals surface area contributed by atoms with Crippen molar-refractivity contribution in [2.24, 2.45) is 0 Å². The average molecular weight is 534 g/mol. The summed E-state index contributed by atoms with van der Waals surface area (Å²) < 4.78 is 5.99. The molecule has 2 atom stereocenters. The number of hydrogen-bond donors (Lipinski definition) is 2. The van der Waals surface area contributed by atoms with Gasteiger partial charge in [0.2, 0.25) is 11.8 Å². The molecule has 1 aliphatic carbocycles. The van der Waals surface area contributed by atoms with Crippen LogP contribution in [0.3, 0.4) is 0 Å². The van der Waals surface area contributed by atoms with E-state index in [0.717, 1.165) is 56.6 Å². The van der Waals surface area contributed by atoms with Crippen LogP contribution in [0.4, 0.5) is 21.9 Å². The van der Waals surface area contributed by atoms with Crippen molar-refractivity contribution >= 4 is 34.9 Å². The number of nitrogens with one attached hydrogen (secondary N) is 2. The molecule has 0 spiro atoms. The molecule has 2 heterocycles. The number of hydrogen-bond acceptors (Lipinski definition) is 5. The van der Waals surface area contributed by atoms with E-state index in [9.17, 15) is 14.4 Å². The predicted molar refractivity (Wildman–Crippen MR) is 152 cm³/mol. The van der Waals surface area contributed by atoms with E-state index in [2.05, 4.69) is 15.5 Å². The minimum atomic E-state index is -0.332. The summed E-state index contributed by atoms with van der Waals surface area (Å²) in [5.74, 6) is 0.840. The lowest BCUT2D eigenvalue weighted by Crippen LogP contribution is -2.49. The van der Waals surface area contributed by atoms with Crippen molar-refractivity contribution in [3.05, 3.63) is 48.5 Å². The van der Waals surface area contributed by atoms with Gasteiger partial charge in [0.05, 0.1) is 12.1 Å². The lowest BCUT2D eigenvalue weighted by molar-refractivity contribution is -0.143. The number of ether oxygens (including phenoxy) is 1. The first-order chi connectivity index (χ1) is 18.9. The van der Waals surface area contributed by atoms with Gasteiger partial charge in [-0.3, -0.25) is 9.59 Å². The maximum atomic E-state index is 13.1. The van der Waals surface area contributed by atoms with E-state index in [1.165, 1.54) is 19.8 Å². The summed E-state index contributed by atoms with van der Waals surface area (Å²) >= 11 is 0. The number of likely N-dealkylation sites (N-methyl/N-ethyl adjacent to an activating group) is 1. The number of urea groups is 1. The summed E-state index contributed by atoms with van der Waals surface area (Å²) in [6, 6.07) is 14.7. The molecular formula is C30H39N5O4. The predicted octanol–water partition coefficient (Wildman–Crippen LogP) is 4.70. The van der Waals surface area contributed by atoms with Crippen molar-refractivity contribution in [1.82, 2.24) is 9.80 Å². The first-order valence-electron chi connectivity index (χ1n) is 14.1. The average Bonchev–Trinajstić information content (AvgIpc) is 3.71. The second-order valence-corrected chi connectivity index (χ2v) is 10.9. The zero-order valence-corrected chi connectivity index (χ0v) is 22.9. The van der Waals surface area contributed by atoms with Crippen LogP contribution >= 0.6 is 0 Å². The fourth-order valence-corrected chi connectivity index (χ4v) is 5.97. The molecule has 2 saturated heterocycles. The molecule has 9 heteroatoms. The van der Waals surface area contributed by atoms with Gasteiger partial charge in [0, 0.05) is 50.7 Å². The van der Waals surface area contributed by atoms with Crippen LogP contribution in [0.5, 0.6) is 5.75 Å². The van der Waals surface area contributed by atoms with Crippen LogP contribution in [0.1, 0.15) is 51.9 Å². The Morgan fingerprint density at radius 1 is 0.846 bits per heavy atom. The zero-order valence-electron chi connectivity index (χ0n) is 22.9. The Bertz CT molecular complexity index is 1160. The maximum absolute atomic E-state index is 13.1. The third-order valence-electron chi connectivity index (χ3n) is 8.21. The highest BCUT2D eigenvalue weighted by Gasteiger charge is 2.37. The van der Waals surface area contributed by atoms with Gasteiger partial charge in [-0.05, 0) is 93.5 Å². The summed E-state index contributed by atoms with van der Waals surface area (Å²) in [5.41, 5.74) is 2.45. The second kappa shape index (κ2) is 12.0. The first-order valence-corrected chi connectivity index (χ1v) is 14.1. The monoisotopic (exact) mass is 533 g/mol. The molecule has 0 bridgehead atoms. The van der Waals surface area contributed by atoms with Gasteiger partial charge in [-0.1, -0.05) is 0 Å². The molecule has 1 saturated carbocycles. The molecule has 208 valence electrons. The van der Waals surface area contributed by atoms with Crippen LogP contribution in [-0.2, 0) is 9.59 Å². The molecule has 3 fully saturated rings. The summed E-state index contributed by atoms with van der Waals surface area (Å²) in [7, 11) is 1.86. The number of nitrogens with zero attached hydrogens (tertiary/aromatic N) is 3. The van der Waals surface area contributed by atoms with Crippen molar-refractivity contribution in [3.63, 3.8) is 0 Å². The summed E-state index contributed by atoms with van der Waals surface area (Å²) in [6.07, 6.45) is 7.47. The van der Waals surface area contributed by atoms with Crippen molar-refractivity contribution in [1.29, 1.82) is 0 Å². The van der Waals surface area contributed by atoms with Crippen LogP contribution < -0.4 is 20.3 Å². The Morgan fingerprint density at radius 3 is 2.13 bits per heavy atom. The van der Waals surface area contributed by atoms with Gasteiger partial charge in [-0.15, -0.1) is 0 Å². The van der Waals surface area contributed by atoms with Crippen LogP contribution in [0, 0.1) is 0 Å². The van der Waals surface area contributed by atoms with Gasteiger partial charge in [0.1, 0.15) is 11.8 Å². The molecule has 9 nitrogen and oxygen atoms in total. The number of carbonyl (C=O) groups excluding carboxylic acids is 3. The minimum absolute atomic E-state index is 0.0308. The highest BCUT2D eigenvalue weighted by Crippen LogP contribution is 2.27. The topological polar surface area (TPSA) is 94.2 Å². The van der Waals surface area contributed by atoms with Gasteiger partial charge < -0.3 is 30.1 Å². The molecule has 2 aromatic rings. The smallest absolute Gasteiger partial charge is 0.323 e. The molecule has 0 radical (unpaired) electrons. The standard InChI is InChI=1S/C30H39N5O4/c1-21(36)35-18-5-8-28(35)29(37)33(2)25-17-19-34(20-25)24-13-9-22(10-14-24)31-30(38)32-23-11-15-27(16-12-23)39-26-6-3-4-7-26/h9-16,25-26,28H,3-8,17-20H2,1-2H3,(H2,31,32,38)/t25?,28-/m1/s1. The Kier molecular flexibility index (Phi) is 8.24. The van der Waals surface area contributed by atoms with Crippen LogP contribution in [0.25, 0.3) is 0 Å². The third kappa shape index (κ3) is 6.46. The SMILES string of the molecule is CC(=O)N1CCC[C@@H]1C(=O)N(C)C1CCN(c2ccc(NC(=O)Nc3ccc(OC4CCCC4)cc3)cc2)C1. The first kappa shape index (κ1) is 26.8. The maximum Gasteiger partial charge on any atom is 0.323 e. The molecule has 5 rings (SSSR count). The molecule has 39 heavy (non-hydrogen) atoms. The van der Waals surface area contributed by atoms with E-state index in [0.29, 0.717) is 24.0 Å². The van der Waals surface area contributed by atoms with Crippen LogP contribution in [0.2, 0.25) is 0 Å². The number of benzene rings is 2.